The molecule has 1 aromatic heterocycles. The van der Waals surface area contributed by atoms with Gasteiger partial charge in [-0.3, -0.25) is 0 Å². The number of aliphatic hydroxyl groups excluding tert-OH is 1. The number of imidazole rings is 1. The van der Waals surface area contributed by atoms with E-state index in [4.69, 9.17) is 5.26 Å². The first-order valence-electron chi connectivity index (χ1n) is 4.74. The van der Waals surface area contributed by atoms with E-state index in [1.807, 2.05) is 24.3 Å². The molecule has 0 aliphatic carbocycles. The lowest BCUT2D eigenvalue weighted by molar-refractivity contribution is 0.185. The average Bonchev–Trinajstić information content (AvgIpc) is 2.58. The first kappa shape index (κ1) is 9.69. The Hall–Kier alpha value is -1.86. The first-order chi connectivity index (χ1) is 7.24. The number of hydrogen-bond donors (Lipinski definition) is 1. The van der Waals surface area contributed by atoms with Crippen molar-refractivity contribution < 1.29 is 5.11 Å². The van der Waals surface area contributed by atoms with Gasteiger partial charge in [0.15, 0.2) is 0 Å². The maximum atomic E-state index is 9.54. The van der Waals surface area contributed by atoms with Crippen molar-refractivity contribution in [3.8, 4) is 6.07 Å². The second-order valence-corrected chi connectivity index (χ2v) is 3.38. The van der Waals surface area contributed by atoms with Gasteiger partial charge in [0.1, 0.15) is 18.5 Å². The number of para-hydroxylation sites is 2. The fraction of sp³-hybridized carbons (Fsp3) is 0.273. The maximum Gasteiger partial charge on any atom is 0.139 e. The van der Waals surface area contributed by atoms with Gasteiger partial charge >= 0.3 is 0 Å². The minimum Gasteiger partial charge on any atom is -0.385 e. The summed E-state index contributed by atoms with van der Waals surface area (Å²) >= 11 is 0. The van der Waals surface area contributed by atoms with Gasteiger partial charge < -0.3 is 9.67 Å². The van der Waals surface area contributed by atoms with Crippen molar-refractivity contribution >= 4 is 11.0 Å². The van der Waals surface area contributed by atoms with Gasteiger partial charge in [0.05, 0.1) is 17.1 Å². The smallest absolute Gasteiger partial charge is 0.139 e. The molecule has 2 rings (SSSR count). The SMILES string of the molecule is CC(O)c1nc2ccccc2n1CC#N. The molecule has 1 N–H and O–H groups in total. The predicted molar refractivity (Wildman–Crippen MR) is 56.0 cm³/mol. The van der Waals surface area contributed by atoms with Gasteiger partial charge in [0.2, 0.25) is 0 Å². The second kappa shape index (κ2) is 3.71. The summed E-state index contributed by atoms with van der Waals surface area (Å²) in [5, 5.41) is 18.3. The number of aromatic nitrogens is 2. The number of rotatable bonds is 2. The molecule has 1 heterocycles. The quantitative estimate of drug-likeness (QED) is 0.802. The van der Waals surface area contributed by atoms with Crippen LogP contribution < -0.4 is 0 Å². The topological polar surface area (TPSA) is 61.8 Å². The van der Waals surface area contributed by atoms with E-state index in [0.29, 0.717) is 5.82 Å². The van der Waals surface area contributed by atoms with Gasteiger partial charge in [-0.2, -0.15) is 5.26 Å². The lowest BCUT2D eigenvalue weighted by Crippen LogP contribution is -2.05. The van der Waals surface area contributed by atoms with Crippen LogP contribution in [0.5, 0.6) is 0 Å². The van der Waals surface area contributed by atoms with E-state index in [0.717, 1.165) is 11.0 Å². The summed E-state index contributed by atoms with van der Waals surface area (Å²) in [4.78, 5) is 4.29. The highest BCUT2D eigenvalue weighted by Gasteiger charge is 2.13. The largest absolute Gasteiger partial charge is 0.385 e. The lowest BCUT2D eigenvalue weighted by atomic mass is 10.3. The number of hydrogen-bond acceptors (Lipinski definition) is 3. The molecule has 0 amide bonds. The van der Waals surface area contributed by atoms with E-state index in [-0.39, 0.29) is 6.54 Å². The van der Waals surface area contributed by atoms with Crippen LogP contribution >= 0.6 is 0 Å². The molecule has 76 valence electrons. The third-order valence-corrected chi connectivity index (χ3v) is 2.29. The monoisotopic (exact) mass is 201 g/mol. The minimum atomic E-state index is -0.661. The number of fused-ring (bicyclic) bond motifs is 1. The minimum absolute atomic E-state index is 0.209. The van der Waals surface area contributed by atoms with Crippen LogP contribution in [0.4, 0.5) is 0 Å². The Balaban J connectivity index is 2.70. The molecule has 0 spiro atoms. The van der Waals surface area contributed by atoms with Crippen molar-refractivity contribution in [2.45, 2.75) is 19.6 Å². The second-order valence-electron chi connectivity index (χ2n) is 3.38. The molecular formula is C11H11N3O. The zero-order chi connectivity index (χ0) is 10.8. The predicted octanol–water partition coefficient (Wildman–Crippen LogP) is 1.61. The molecule has 0 fully saturated rings. The van der Waals surface area contributed by atoms with Crippen LogP contribution in [0.15, 0.2) is 24.3 Å². The van der Waals surface area contributed by atoms with E-state index in [9.17, 15) is 5.11 Å². The molecule has 1 aromatic carbocycles. The lowest BCUT2D eigenvalue weighted by Gasteiger charge is -2.05. The van der Waals surface area contributed by atoms with Crippen LogP contribution in [0, 0.1) is 11.3 Å². The highest BCUT2D eigenvalue weighted by atomic mass is 16.3. The Kier molecular flexibility index (Phi) is 2.40. The van der Waals surface area contributed by atoms with Crippen LogP contribution in [0.3, 0.4) is 0 Å². The summed E-state index contributed by atoms with van der Waals surface area (Å²) < 4.78 is 1.74. The van der Waals surface area contributed by atoms with Gasteiger partial charge in [-0.05, 0) is 19.1 Å². The first-order valence-corrected chi connectivity index (χ1v) is 4.74. The fourth-order valence-electron chi connectivity index (χ4n) is 1.65. The zero-order valence-electron chi connectivity index (χ0n) is 8.38. The normalized spacial score (nSPS) is 12.6. The summed E-state index contributed by atoms with van der Waals surface area (Å²) in [6, 6.07) is 9.61. The van der Waals surface area contributed by atoms with Crippen LogP contribution in [0.25, 0.3) is 11.0 Å². The standard InChI is InChI=1S/C11H11N3O/c1-8(15)11-13-9-4-2-3-5-10(9)14(11)7-6-12/h2-5,8,15H,7H2,1H3. The van der Waals surface area contributed by atoms with Crippen molar-refractivity contribution in [2.24, 2.45) is 0 Å². The summed E-state index contributed by atoms with van der Waals surface area (Å²) in [5.74, 6) is 0.540. The molecule has 0 saturated heterocycles. The Morgan fingerprint density at radius 2 is 2.27 bits per heavy atom. The summed E-state index contributed by atoms with van der Waals surface area (Å²) in [5.41, 5.74) is 1.69. The molecule has 0 saturated carbocycles. The molecule has 0 radical (unpaired) electrons. The van der Waals surface area contributed by atoms with Crippen molar-refractivity contribution in [3.63, 3.8) is 0 Å². The van der Waals surface area contributed by atoms with Gasteiger partial charge in [0, 0.05) is 0 Å². The number of nitrogens with zero attached hydrogens (tertiary/aromatic N) is 3. The Bertz CT molecular complexity index is 522. The Morgan fingerprint density at radius 3 is 2.93 bits per heavy atom. The number of benzene rings is 1. The van der Waals surface area contributed by atoms with Crippen LogP contribution in [0.2, 0.25) is 0 Å². The highest BCUT2D eigenvalue weighted by molar-refractivity contribution is 5.76. The number of nitriles is 1. The maximum absolute atomic E-state index is 9.54. The Labute approximate surface area is 87.4 Å². The molecule has 15 heavy (non-hydrogen) atoms. The highest BCUT2D eigenvalue weighted by Crippen LogP contribution is 2.20. The van der Waals surface area contributed by atoms with Gasteiger partial charge in [-0.1, -0.05) is 12.1 Å². The van der Waals surface area contributed by atoms with E-state index >= 15 is 0 Å². The van der Waals surface area contributed by atoms with Crippen LogP contribution in [0.1, 0.15) is 18.9 Å². The fourth-order valence-corrected chi connectivity index (χ4v) is 1.65. The van der Waals surface area contributed by atoms with E-state index in [1.165, 1.54) is 0 Å². The third kappa shape index (κ3) is 1.58. The molecule has 4 nitrogen and oxygen atoms in total. The van der Waals surface area contributed by atoms with Gasteiger partial charge in [-0.25, -0.2) is 4.98 Å². The summed E-state index contributed by atoms with van der Waals surface area (Å²) in [7, 11) is 0. The number of aliphatic hydroxyl groups is 1. The molecule has 0 bridgehead atoms. The van der Waals surface area contributed by atoms with Crippen LogP contribution in [-0.2, 0) is 6.54 Å². The molecular weight excluding hydrogens is 190 g/mol. The molecule has 0 aliphatic rings. The van der Waals surface area contributed by atoms with Crippen molar-refractivity contribution in [1.82, 2.24) is 9.55 Å². The van der Waals surface area contributed by atoms with Crippen molar-refractivity contribution in [3.05, 3.63) is 30.1 Å². The third-order valence-electron chi connectivity index (χ3n) is 2.29. The molecule has 1 unspecified atom stereocenters. The Morgan fingerprint density at radius 1 is 1.53 bits per heavy atom. The van der Waals surface area contributed by atoms with Crippen molar-refractivity contribution in [1.29, 1.82) is 5.26 Å². The molecule has 0 aliphatic heterocycles. The molecule has 4 heteroatoms. The van der Waals surface area contributed by atoms with E-state index in [1.54, 1.807) is 11.5 Å². The van der Waals surface area contributed by atoms with E-state index < -0.39 is 6.10 Å². The average molecular weight is 201 g/mol. The summed E-state index contributed by atoms with van der Waals surface area (Å²) in [6.45, 7) is 1.86. The zero-order valence-corrected chi connectivity index (χ0v) is 8.38. The van der Waals surface area contributed by atoms with E-state index in [2.05, 4.69) is 11.1 Å². The summed E-state index contributed by atoms with van der Waals surface area (Å²) in [6.07, 6.45) is -0.661. The molecule has 2 aromatic rings. The van der Waals surface area contributed by atoms with Gasteiger partial charge in [-0.15, -0.1) is 0 Å². The molecule has 1 atom stereocenters. The van der Waals surface area contributed by atoms with Crippen LogP contribution in [-0.4, -0.2) is 14.7 Å². The van der Waals surface area contributed by atoms with Gasteiger partial charge in [0.25, 0.3) is 0 Å². The van der Waals surface area contributed by atoms with Crippen molar-refractivity contribution in [2.75, 3.05) is 0 Å².